The minimum Gasteiger partial charge on any atom is -0.343 e. The Bertz CT molecular complexity index is 556. The van der Waals surface area contributed by atoms with E-state index in [9.17, 15) is 9.18 Å². The molecule has 0 aliphatic carbocycles. The highest BCUT2D eigenvalue weighted by atomic mass is 19.1. The molecule has 0 bridgehead atoms. The average molecular weight is 330 g/mol. The van der Waals surface area contributed by atoms with Crippen molar-refractivity contribution in [3.63, 3.8) is 0 Å². The van der Waals surface area contributed by atoms with Crippen molar-refractivity contribution in [1.82, 2.24) is 9.80 Å². The maximum Gasteiger partial charge on any atom is 0.222 e. The van der Waals surface area contributed by atoms with Gasteiger partial charge in [0.2, 0.25) is 5.91 Å². The predicted octanol–water partition coefficient (Wildman–Crippen LogP) is 3.56. The van der Waals surface area contributed by atoms with E-state index in [0.29, 0.717) is 11.8 Å². The van der Waals surface area contributed by atoms with Crippen molar-refractivity contribution < 1.29 is 9.18 Å². The van der Waals surface area contributed by atoms with Crippen LogP contribution in [-0.2, 0) is 4.79 Å². The van der Waals surface area contributed by atoms with E-state index >= 15 is 0 Å². The third-order valence-electron chi connectivity index (χ3n) is 5.17. The summed E-state index contributed by atoms with van der Waals surface area (Å²) < 4.78 is 12.9. The van der Waals surface area contributed by atoms with Crippen LogP contribution < -0.4 is 0 Å². The number of carbonyl (C=O) groups is 1. The highest BCUT2D eigenvalue weighted by molar-refractivity contribution is 5.76. The van der Waals surface area contributed by atoms with Gasteiger partial charge in [-0.25, -0.2) is 4.39 Å². The number of nitrogens with zero attached hydrogens (tertiary/aromatic N) is 2. The fraction of sp³-hybridized carbons (Fsp3) is 0.550. The first kappa shape index (κ1) is 17.2. The Morgan fingerprint density at radius 2 is 1.75 bits per heavy atom. The second-order valence-corrected chi connectivity index (χ2v) is 6.99. The topological polar surface area (TPSA) is 23.6 Å². The van der Waals surface area contributed by atoms with E-state index in [2.05, 4.69) is 11.0 Å². The van der Waals surface area contributed by atoms with Gasteiger partial charge < -0.3 is 4.90 Å². The molecule has 3 rings (SSSR count). The fourth-order valence-corrected chi connectivity index (χ4v) is 3.63. The maximum atomic E-state index is 12.9. The number of carbonyl (C=O) groups excluding carboxylic acids is 1. The minimum atomic E-state index is -0.197. The van der Waals surface area contributed by atoms with E-state index in [1.165, 1.54) is 25.0 Å². The number of rotatable bonds is 5. The standard InChI is InChI=1S/C20H27FN2O/c21-19-7-5-17(6-8-19)4-3-11-22-14-9-18(10-15-22)16-20(24)23-12-1-2-13-23/h3-8,18H,1-2,9-16H2. The van der Waals surface area contributed by atoms with Gasteiger partial charge in [0.05, 0.1) is 0 Å². The van der Waals surface area contributed by atoms with Crippen LogP contribution in [0.4, 0.5) is 4.39 Å². The van der Waals surface area contributed by atoms with Gasteiger partial charge in [0.15, 0.2) is 0 Å². The van der Waals surface area contributed by atoms with Crippen molar-refractivity contribution in [1.29, 1.82) is 0 Å². The maximum absolute atomic E-state index is 12.9. The summed E-state index contributed by atoms with van der Waals surface area (Å²) >= 11 is 0. The number of hydrogen-bond acceptors (Lipinski definition) is 2. The van der Waals surface area contributed by atoms with Gasteiger partial charge >= 0.3 is 0 Å². The highest BCUT2D eigenvalue weighted by Crippen LogP contribution is 2.22. The molecule has 2 saturated heterocycles. The quantitative estimate of drug-likeness (QED) is 0.824. The van der Waals surface area contributed by atoms with E-state index in [-0.39, 0.29) is 5.82 Å². The van der Waals surface area contributed by atoms with Crippen LogP contribution >= 0.6 is 0 Å². The number of benzene rings is 1. The van der Waals surface area contributed by atoms with Crippen molar-refractivity contribution in [3.05, 3.63) is 41.7 Å². The van der Waals surface area contributed by atoms with E-state index in [1.807, 2.05) is 11.0 Å². The van der Waals surface area contributed by atoms with Crippen LogP contribution in [0.2, 0.25) is 0 Å². The molecule has 1 amide bonds. The van der Waals surface area contributed by atoms with Crippen LogP contribution in [0, 0.1) is 11.7 Å². The van der Waals surface area contributed by atoms with Crippen molar-refractivity contribution in [2.75, 3.05) is 32.7 Å². The third-order valence-corrected chi connectivity index (χ3v) is 5.17. The molecule has 3 nitrogen and oxygen atoms in total. The molecule has 1 aromatic rings. The summed E-state index contributed by atoms with van der Waals surface area (Å²) in [6, 6.07) is 6.56. The van der Waals surface area contributed by atoms with Crippen LogP contribution in [-0.4, -0.2) is 48.4 Å². The van der Waals surface area contributed by atoms with Gasteiger partial charge in [0.25, 0.3) is 0 Å². The zero-order valence-corrected chi connectivity index (χ0v) is 14.3. The third kappa shape index (κ3) is 4.91. The zero-order valence-electron chi connectivity index (χ0n) is 14.3. The van der Waals surface area contributed by atoms with Crippen molar-refractivity contribution >= 4 is 12.0 Å². The Kier molecular flexibility index (Phi) is 6.02. The molecule has 2 aliphatic heterocycles. The van der Waals surface area contributed by atoms with Crippen LogP contribution in [0.15, 0.2) is 30.3 Å². The normalized spacial score (nSPS) is 20.1. The molecule has 2 aliphatic rings. The molecular formula is C20H27FN2O. The molecule has 0 aromatic heterocycles. The van der Waals surface area contributed by atoms with Gasteiger partial charge in [0.1, 0.15) is 5.82 Å². The van der Waals surface area contributed by atoms with Crippen molar-refractivity contribution in [2.24, 2.45) is 5.92 Å². The first-order valence-corrected chi connectivity index (χ1v) is 9.13. The smallest absolute Gasteiger partial charge is 0.222 e. The molecule has 0 spiro atoms. The summed E-state index contributed by atoms with van der Waals surface area (Å²) in [4.78, 5) is 16.7. The Labute approximate surface area is 144 Å². The largest absolute Gasteiger partial charge is 0.343 e. The molecule has 0 atom stereocenters. The minimum absolute atomic E-state index is 0.197. The Hall–Kier alpha value is -1.68. The molecule has 2 fully saturated rings. The van der Waals surface area contributed by atoms with Gasteiger partial charge in [-0.15, -0.1) is 0 Å². The summed E-state index contributed by atoms with van der Waals surface area (Å²) in [6.45, 7) is 4.97. The van der Waals surface area contributed by atoms with E-state index < -0.39 is 0 Å². The fourth-order valence-electron chi connectivity index (χ4n) is 3.63. The van der Waals surface area contributed by atoms with E-state index in [0.717, 1.165) is 57.5 Å². The number of amides is 1. The summed E-state index contributed by atoms with van der Waals surface area (Å²) in [5.41, 5.74) is 1.03. The van der Waals surface area contributed by atoms with Gasteiger partial charge in [-0.3, -0.25) is 9.69 Å². The first-order chi connectivity index (χ1) is 11.7. The molecular weight excluding hydrogens is 303 g/mol. The zero-order chi connectivity index (χ0) is 16.8. The lowest BCUT2D eigenvalue weighted by Crippen LogP contribution is -2.36. The summed E-state index contributed by atoms with van der Waals surface area (Å²) in [5, 5.41) is 0. The molecule has 1 aromatic carbocycles. The second-order valence-electron chi connectivity index (χ2n) is 6.99. The molecule has 4 heteroatoms. The van der Waals surface area contributed by atoms with Gasteiger partial charge in [0, 0.05) is 26.1 Å². The van der Waals surface area contributed by atoms with Crippen molar-refractivity contribution in [3.8, 4) is 0 Å². The van der Waals surface area contributed by atoms with Crippen LogP contribution in [0.25, 0.3) is 6.08 Å². The van der Waals surface area contributed by atoms with E-state index in [1.54, 1.807) is 12.1 Å². The molecule has 0 saturated carbocycles. The first-order valence-electron chi connectivity index (χ1n) is 9.13. The van der Waals surface area contributed by atoms with Crippen LogP contribution in [0.5, 0.6) is 0 Å². The number of halogens is 1. The number of likely N-dealkylation sites (tertiary alicyclic amines) is 2. The molecule has 0 N–H and O–H groups in total. The number of piperidine rings is 1. The molecule has 2 heterocycles. The Morgan fingerprint density at radius 1 is 1.08 bits per heavy atom. The van der Waals surface area contributed by atoms with Crippen LogP contribution in [0.3, 0.4) is 0 Å². The molecule has 130 valence electrons. The van der Waals surface area contributed by atoms with Crippen molar-refractivity contribution in [2.45, 2.75) is 32.1 Å². The summed E-state index contributed by atoms with van der Waals surface area (Å²) in [5.74, 6) is 0.718. The van der Waals surface area contributed by atoms with Gasteiger partial charge in [-0.05, 0) is 62.4 Å². The molecule has 24 heavy (non-hydrogen) atoms. The summed E-state index contributed by atoms with van der Waals surface area (Å²) in [7, 11) is 0. The molecule has 0 unspecified atom stereocenters. The lowest BCUT2D eigenvalue weighted by molar-refractivity contribution is -0.131. The van der Waals surface area contributed by atoms with Gasteiger partial charge in [-0.2, -0.15) is 0 Å². The second kappa shape index (κ2) is 8.43. The monoisotopic (exact) mass is 330 g/mol. The lowest BCUT2D eigenvalue weighted by Gasteiger charge is -2.31. The summed E-state index contributed by atoms with van der Waals surface area (Å²) in [6.07, 6.45) is 9.49. The van der Waals surface area contributed by atoms with Crippen LogP contribution in [0.1, 0.15) is 37.7 Å². The highest BCUT2D eigenvalue weighted by Gasteiger charge is 2.24. The van der Waals surface area contributed by atoms with Gasteiger partial charge in [-0.1, -0.05) is 24.3 Å². The van der Waals surface area contributed by atoms with E-state index in [4.69, 9.17) is 0 Å². The Morgan fingerprint density at radius 3 is 2.42 bits per heavy atom. The lowest BCUT2D eigenvalue weighted by atomic mass is 9.93. The molecule has 0 radical (unpaired) electrons. The average Bonchev–Trinajstić information content (AvgIpc) is 3.13. The SMILES string of the molecule is O=C(CC1CCN(CC=Cc2ccc(F)cc2)CC1)N1CCCC1. The number of hydrogen-bond donors (Lipinski definition) is 0. The Balaban J connectivity index is 1.37. The predicted molar refractivity (Wildman–Crippen MR) is 95.0 cm³/mol.